The number of hydrogen-bond acceptors (Lipinski definition) is 0. The van der Waals surface area contributed by atoms with E-state index in [0.717, 1.165) is 5.92 Å². The van der Waals surface area contributed by atoms with Crippen molar-refractivity contribution in [3.63, 3.8) is 0 Å². The molecule has 0 aliphatic rings. The van der Waals surface area contributed by atoms with Crippen molar-refractivity contribution >= 4 is 0 Å². The molecule has 0 heteroatoms. The zero-order valence-electron chi connectivity index (χ0n) is 24.1. The summed E-state index contributed by atoms with van der Waals surface area (Å²) in [5.41, 5.74) is 0. The fraction of sp³-hybridized carbons (Fsp3) is 1.00. The molecule has 0 saturated heterocycles. The van der Waals surface area contributed by atoms with Crippen molar-refractivity contribution < 1.29 is 0 Å². The largest absolute Gasteiger partial charge is 0.0654 e. The first-order chi connectivity index (χ1) is 16.3. The van der Waals surface area contributed by atoms with Gasteiger partial charge in [0.15, 0.2) is 0 Å². The number of unbranched alkanes of at least 4 members (excludes halogenated alkanes) is 23. The van der Waals surface area contributed by atoms with Gasteiger partial charge in [0.05, 0.1) is 0 Å². The second-order valence-electron chi connectivity index (χ2n) is 11.4. The summed E-state index contributed by atoms with van der Waals surface area (Å²) in [6.45, 7) is 7.01. The van der Waals surface area contributed by atoms with Crippen LogP contribution in [-0.2, 0) is 0 Å². The molecule has 0 aromatic heterocycles. The van der Waals surface area contributed by atoms with E-state index in [1.54, 1.807) is 0 Å². The first-order valence-corrected chi connectivity index (χ1v) is 16.3. The Morgan fingerprint density at radius 1 is 0.242 bits per heavy atom. The third-order valence-corrected chi connectivity index (χ3v) is 7.88. The van der Waals surface area contributed by atoms with Crippen LogP contribution in [0.3, 0.4) is 0 Å². The molecule has 0 aliphatic heterocycles. The third kappa shape index (κ3) is 28.1. The summed E-state index contributed by atoms with van der Waals surface area (Å²) in [5.74, 6) is 1.03. The van der Waals surface area contributed by atoms with Crippen LogP contribution in [0.25, 0.3) is 0 Å². The Kier molecular flexibility index (Phi) is 30.0. The minimum Gasteiger partial charge on any atom is -0.0654 e. The van der Waals surface area contributed by atoms with Crippen LogP contribution in [0.4, 0.5) is 0 Å². The van der Waals surface area contributed by atoms with E-state index >= 15 is 0 Å². The van der Waals surface area contributed by atoms with Crippen molar-refractivity contribution in [1.82, 2.24) is 0 Å². The van der Waals surface area contributed by atoms with Crippen molar-refractivity contribution in [2.24, 2.45) is 5.92 Å². The zero-order chi connectivity index (χ0) is 24.1. The lowest BCUT2D eigenvalue weighted by Crippen LogP contribution is -2.00. The molecular weight excluding hydrogens is 396 g/mol. The molecule has 0 fully saturated rings. The SMILES string of the molecule is CCCCCCCCCCCCCCCC(CCC)CCCCCCCCCCCCCC. The highest BCUT2D eigenvalue weighted by molar-refractivity contribution is 4.61. The molecule has 0 N–H and O–H groups in total. The molecule has 33 heavy (non-hydrogen) atoms. The van der Waals surface area contributed by atoms with Gasteiger partial charge < -0.3 is 0 Å². The monoisotopic (exact) mass is 465 g/mol. The lowest BCUT2D eigenvalue weighted by Gasteiger charge is -2.16. The zero-order valence-corrected chi connectivity index (χ0v) is 24.1. The van der Waals surface area contributed by atoms with Gasteiger partial charge in [0.25, 0.3) is 0 Å². The summed E-state index contributed by atoms with van der Waals surface area (Å²) < 4.78 is 0. The van der Waals surface area contributed by atoms with E-state index in [1.165, 1.54) is 186 Å². The van der Waals surface area contributed by atoms with E-state index in [2.05, 4.69) is 20.8 Å². The molecule has 0 bridgehead atoms. The number of hydrogen-bond donors (Lipinski definition) is 0. The van der Waals surface area contributed by atoms with Crippen molar-refractivity contribution in [2.45, 2.75) is 207 Å². The van der Waals surface area contributed by atoms with E-state index in [0.29, 0.717) is 0 Å². The minimum atomic E-state index is 1.03. The van der Waals surface area contributed by atoms with Crippen LogP contribution in [0.15, 0.2) is 0 Å². The molecule has 0 aromatic carbocycles. The Morgan fingerprint density at radius 3 is 0.727 bits per heavy atom. The van der Waals surface area contributed by atoms with Gasteiger partial charge in [0.2, 0.25) is 0 Å². The van der Waals surface area contributed by atoms with Gasteiger partial charge in [-0.25, -0.2) is 0 Å². The quantitative estimate of drug-likeness (QED) is 0.0965. The van der Waals surface area contributed by atoms with Crippen molar-refractivity contribution in [3.05, 3.63) is 0 Å². The first kappa shape index (κ1) is 33.0. The summed E-state index contributed by atoms with van der Waals surface area (Å²) in [6, 6.07) is 0. The molecule has 0 heterocycles. The predicted molar refractivity (Wildman–Crippen MR) is 154 cm³/mol. The molecule has 0 saturated carbocycles. The molecule has 0 nitrogen and oxygen atoms in total. The van der Waals surface area contributed by atoms with Gasteiger partial charge in [-0.1, -0.05) is 207 Å². The maximum atomic E-state index is 2.39. The maximum absolute atomic E-state index is 2.39. The molecular formula is C33H68. The molecule has 0 amide bonds. The van der Waals surface area contributed by atoms with Gasteiger partial charge in [0, 0.05) is 0 Å². The lowest BCUT2D eigenvalue weighted by molar-refractivity contribution is 0.376. The normalized spacial score (nSPS) is 12.5. The molecule has 0 rings (SSSR count). The topological polar surface area (TPSA) is 0 Å². The van der Waals surface area contributed by atoms with Gasteiger partial charge in [-0.2, -0.15) is 0 Å². The van der Waals surface area contributed by atoms with Gasteiger partial charge in [-0.3, -0.25) is 0 Å². The standard InChI is InChI=1S/C33H68/c1-4-7-9-11-13-15-17-19-21-23-25-27-29-32-33(30-6-3)31-28-26-24-22-20-18-16-14-12-10-8-5-2/h33H,4-32H2,1-3H3. The highest BCUT2D eigenvalue weighted by Gasteiger charge is 2.07. The molecule has 0 radical (unpaired) electrons. The van der Waals surface area contributed by atoms with Crippen LogP contribution >= 0.6 is 0 Å². The van der Waals surface area contributed by atoms with E-state index in [9.17, 15) is 0 Å². The lowest BCUT2D eigenvalue weighted by atomic mass is 9.90. The fourth-order valence-corrected chi connectivity index (χ4v) is 5.57. The second kappa shape index (κ2) is 30.0. The van der Waals surface area contributed by atoms with Crippen LogP contribution in [-0.4, -0.2) is 0 Å². The third-order valence-electron chi connectivity index (χ3n) is 7.88. The Bertz CT molecular complexity index is 320. The predicted octanol–water partition coefficient (Wildman–Crippen LogP) is 13.0. The highest BCUT2D eigenvalue weighted by Crippen LogP contribution is 2.23. The second-order valence-corrected chi connectivity index (χ2v) is 11.4. The van der Waals surface area contributed by atoms with Crippen LogP contribution in [0, 0.1) is 5.92 Å². The van der Waals surface area contributed by atoms with Crippen LogP contribution in [0.2, 0.25) is 0 Å². The smallest absolute Gasteiger partial charge is 0.0414 e. The average Bonchev–Trinajstić information content (AvgIpc) is 2.82. The minimum absolute atomic E-state index is 1.03. The van der Waals surface area contributed by atoms with Crippen molar-refractivity contribution in [3.8, 4) is 0 Å². The molecule has 0 aromatic rings. The Labute approximate surface area is 212 Å². The van der Waals surface area contributed by atoms with E-state index < -0.39 is 0 Å². The Balaban J connectivity index is 3.38. The van der Waals surface area contributed by atoms with Gasteiger partial charge in [-0.05, 0) is 5.92 Å². The van der Waals surface area contributed by atoms with Crippen LogP contribution < -0.4 is 0 Å². The molecule has 200 valence electrons. The van der Waals surface area contributed by atoms with Gasteiger partial charge >= 0.3 is 0 Å². The highest BCUT2D eigenvalue weighted by atomic mass is 14.1. The van der Waals surface area contributed by atoms with E-state index in [-0.39, 0.29) is 0 Å². The van der Waals surface area contributed by atoms with Crippen LogP contribution in [0.1, 0.15) is 207 Å². The number of rotatable bonds is 29. The van der Waals surface area contributed by atoms with Gasteiger partial charge in [-0.15, -0.1) is 0 Å². The summed E-state index contributed by atoms with van der Waals surface area (Å²) in [4.78, 5) is 0. The van der Waals surface area contributed by atoms with E-state index in [1.807, 2.05) is 0 Å². The molecule has 0 aliphatic carbocycles. The Hall–Kier alpha value is 0. The Morgan fingerprint density at radius 2 is 0.485 bits per heavy atom. The fourth-order valence-electron chi connectivity index (χ4n) is 5.57. The summed E-state index contributed by atoms with van der Waals surface area (Å²) in [6.07, 6.45) is 42.8. The van der Waals surface area contributed by atoms with E-state index in [4.69, 9.17) is 0 Å². The van der Waals surface area contributed by atoms with Crippen LogP contribution in [0.5, 0.6) is 0 Å². The summed E-state index contributed by atoms with van der Waals surface area (Å²) >= 11 is 0. The molecule has 1 unspecified atom stereocenters. The molecule has 0 spiro atoms. The molecule has 1 atom stereocenters. The van der Waals surface area contributed by atoms with Crippen molar-refractivity contribution in [1.29, 1.82) is 0 Å². The maximum Gasteiger partial charge on any atom is -0.0414 e. The van der Waals surface area contributed by atoms with Crippen molar-refractivity contribution in [2.75, 3.05) is 0 Å². The first-order valence-electron chi connectivity index (χ1n) is 16.3. The average molecular weight is 465 g/mol. The summed E-state index contributed by atoms with van der Waals surface area (Å²) in [7, 11) is 0. The summed E-state index contributed by atoms with van der Waals surface area (Å²) in [5, 5.41) is 0. The van der Waals surface area contributed by atoms with Gasteiger partial charge in [0.1, 0.15) is 0 Å².